The lowest BCUT2D eigenvalue weighted by Gasteiger charge is -1.96. The summed E-state index contributed by atoms with van der Waals surface area (Å²) in [5, 5.41) is 8.38. The molecule has 102 valence electrons. The van der Waals surface area contributed by atoms with Crippen molar-refractivity contribution < 1.29 is 4.52 Å². The first kappa shape index (κ1) is 13.3. The fourth-order valence-corrected chi connectivity index (χ4v) is 2.65. The molecule has 2 heterocycles. The number of benzene rings is 1. The van der Waals surface area contributed by atoms with Crippen molar-refractivity contribution in [1.29, 1.82) is 0 Å². The van der Waals surface area contributed by atoms with E-state index >= 15 is 0 Å². The van der Waals surface area contributed by atoms with Crippen LogP contribution in [0.25, 0.3) is 11.1 Å². The maximum Gasteiger partial charge on any atom is 0.248 e. The summed E-state index contributed by atoms with van der Waals surface area (Å²) in [4.78, 5) is 4.29. The molecule has 1 aromatic carbocycles. The molecule has 0 aliphatic heterocycles. The molecule has 0 bridgehead atoms. The van der Waals surface area contributed by atoms with Crippen LogP contribution in [0.4, 0.5) is 0 Å². The van der Waals surface area contributed by atoms with Crippen LogP contribution in [0.3, 0.4) is 0 Å². The molecular formula is C14H13IN4O. The largest absolute Gasteiger partial charge is 0.337 e. The summed E-state index contributed by atoms with van der Waals surface area (Å²) >= 11 is 2.24. The SMILES string of the molecule is CCc1noc(Cn2cc(-c3ccccc3)c(I)n2)n1. The van der Waals surface area contributed by atoms with Crippen LogP contribution in [-0.4, -0.2) is 19.9 Å². The molecule has 0 aliphatic rings. The molecule has 0 fully saturated rings. The maximum atomic E-state index is 5.19. The third-order valence-electron chi connectivity index (χ3n) is 2.93. The minimum atomic E-state index is 0.496. The van der Waals surface area contributed by atoms with Crippen molar-refractivity contribution in [2.75, 3.05) is 0 Å². The average Bonchev–Trinajstić information content (AvgIpc) is 3.07. The Balaban J connectivity index is 1.85. The van der Waals surface area contributed by atoms with E-state index in [1.54, 1.807) is 0 Å². The third kappa shape index (κ3) is 2.74. The maximum absolute atomic E-state index is 5.19. The fraction of sp³-hybridized carbons (Fsp3) is 0.214. The molecule has 20 heavy (non-hydrogen) atoms. The zero-order chi connectivity index (χ0) is 13.9. The summed E-state index contributed by atoms with van der Waals surface area (Å²) in [6.07, 6.45) is 2.78. The molecule has 0 spiro atoms. The van der Waals surface area contributed by atoms with Crippen LogP contribution in [0.1, 0.15) is 18.6 Å². The average molecular weight is 380 g/mol. The number of nitrogens with zero attached hydrogens (tertiary/aromatic N) is 4. The number of halogens is 1. The molecule has 0 atom stereocenters. The molecule has 0 saturated carbocycles. The highest BCUT2D eigenvalue weighted by molar-refractivity contribution is 14.1. The van der Waals surface area contributed by atoms with Gasteiger partial charge in [-0.3, -0.25) is 4.68 Å². The van der Waals surface area contributed by atoms with Gasteiger partial charge in [-0.15, -0.1) is 0 Å². The Bertz CT molecular complexity index is 705. The van der Waals surface area contributed by atoms with Gasteiger partial charge in [-0.2, -0.15) is 10.1 Å². The standard InChI is InChI=1S/C14H13IN4O/c1-2-12-16-13(20-18-12)9-19-8-11(14(15)17-19)10-6-4-3-5-7-10/h3-8H,2,9H2,1H3. The van der Waals surface area contributed by atoms with Gasteiger partial charge in [0.2, 0.25) is 5.89 Å². The van der Waals surface area contributed by atoms with Gasteiger partial charge in [-0.1, -0.05) is 42.4 Å². The van der Waals surface area contributed by atoms with E-state index in [1.165, 1.54) is 0 Å². The third-order valence-corrected chi connectivity index (χ3v) is 3.72. The smallest absolute Gasteiger partial charge is 0.248 e. The van der Waals surface area contributed by atoms with Crippen LogP contribution in [0.5, 0.6) is 0 Å². The Morgan fingerprint density at radius 3 is 2.75 bits per heavy atom. The van der Waals surface area contributed by atoms with Crippen LogP contribution >= 0.6 is 22.6 Å². The van der Waals surface area contributed by atoms with E-state index in [9.17, 15) is 0 Å². The summed E-state index contributed by atoms with van der Waals surface area (Å²) in [6.45, 7) is 2.49. The van der Waals surface area contributed by atoms with E-state index in [4.69, 9.17) is 4.52 Å². The van der Waals surface area contributed by atoms with E-state index in [1.807, 2.05) is 36.0 Å². The summed E-state index contributed by atoms with van der Waals surface area (Å²) in [5.41, 5.74) is 2.27. The van der Waals surface area contributed by atoms with Crippen molar-refractivity contribution in [2.24, 2.45) is 0 Å². The summed E-state index contributed by atoms with van der Waals surface area (Å²) in [5.74, 6) is 1.31. The molecule has 0 aliphatic carbocycles. The molecule has 0 saturated heterocycles. The summed E-state index contributed by atoms with van der Waals surface area (Å²) in [7, 11) is 0. The van der Waals surface area contributed by atoms with E-state index in [-0.39, 0.29) is 0 Å². The molecule has 6 heteroatoms. The highest BCUT2D eigenvalue weighted by Gasteiger charge is 2.11. The molecule has 5 nitrogen and oxygen atoms in total. The molecule has 3 rings (SSSR count). The number of rotatable bonds is 4. The molecule has 0 amide bonds. The Morgan fingerprint density at radius 2 is 2.05 bits per heavy atom. The lowest BCUT2D eigenvalue weighted by Crippen LogP contribution is -2.00. The van der Waals surface area contributed by atoms with Gasteiger partial charge in [0.25, 0.3) is 0 Å². The van der Waals surface area contributed by atoms with Gasteiger partial charge in [0.15, 0.2) is 5.82 Å². The first-order chi connectivity index (χ1) is 9.76. The minimum Gasteiger partial charge on any atom is -0.337 e. The van der Waals surface area contributed by atoms with Gasteiger partial charge in [0.1, 0.15) is 10.2 Å². The fourth-order valence-electron chi connectivity index (χ4n) is 1.93. The van der Waals surface area contributed by atoms with Gasteiger partial charge in [0.05, 0.1) is 0 Å². The minimum absolute atomic E-state index is 0.496. The molecule has 0 unspecified atom stereocenters. The van der Waals surface area contributed by atoms with Crippen molar-refractivity contribution in [3.63, 3.8) is 0 Å². The molecule has 2 aromatic heterocycles. The lowest BCUT2D eigenvalue weighted by molar-refractivity contribution is 0.361. The number of hydrogen-bond acceptors (Lipinski definition) is 4. The van der Waals surface area contributed by atoms with Crippen molar-refractivity contribution >= 4 is 22.6 Å². The van der Waals surface area contributed by atoms with Crippen molar-refractivity contribution in [1.82, 2.24) is 19.9 Å². The van der Waals surface area contributed by atoms with Crippen molar-refractivity contribution in [2.45, 2.75) is 19.9 Å². The van der Waals surface area contributed by atoms with Crippen LogP contribution in [-0.2, 0) is 13.0 Å². The highest BCUT2D eigenvalue weighted by atomic mass is 127. The predicted molar refractivity (Wildman–Crippen MR) is 83.2 cm³/mol. The highest BCUT2D eigenvalue weighted by Crippen LogP contribution is 2.24. The van der Waals surface area contributed by atoms with Crippen LogP contribution in [0.2, 0.25) is 0 Å². The quantitative estimate of drug-likeness (QED) is 0.653. The lowest BCUT2D eigenvalue weighted by atomic mass is 10.1. The Labute approximate surface area is 130 Å². The van der Waals surface area contributed by atoms with Gasteiger partial charge in [0, 0.05) is 18.2 Å². The Kier molecular flexibility index (Phi) is 3.81. The summed E-state index contributed by atoms with van der Waals surface area (Å²) < 4.78 is 7.98. The second-order valence-corrected chi connectivity index (χ2v) is 5.38. The molecular weight excluding hydrogens is 367 g/mol. The van der Waals surface area contributed by atoms with Crippen LogP contribution in [0, 0.1) is 3.70 Å². The van der Waals surface area contributed by atoms with Crippen LogP contribution < -0.4 is 0 Å². The first-order valence-electron chi connectivity index (χ1n) is 6.36. The Morgan fingerprint density at radius 1 is 1.25 bits per heavy atom. The molecule has 0 N–H and O–H groups in total. The van der Waals surface area contributed by atoms with Gasteiger partial charge in [-0.05, 0) is 28.2 Å². The van der Waals surface area contributed by atoms with E-state index in [0.29, 0.717) is 12.4 Å². The topological polar surface area (TPSA) is 56.7 Å². The second-order valence-electron chi connectivity index (χ2n) is 4.36. The van der Waals surface area contributed by atoms with Crippen LogP contribution in [0.15, 0.2) is 41.1 Å². The van der Waals surface area contributed by atoms with E-state index in [2.05, 4.69) is 50.0 Å². The predicted octanol–water partition coefficient (Wildman–Crippen LogP) is 3.15. The van der Waals surface area contributed by atoms with Gasteiger partial charge >= 0.3 is 0 Å². The summed E-state index contributed by atoms with van der Waals surface area (Å²) in [6, 6.07) is 10.2. The Hall–Kier alpha value is -1.70. The monoisotopic (exact) mass is 380 g/mol. The van der Waals surface area contributed by atoms with E-state index < -0.39 is 0 Å². The number of aromatic nitrogens is 4. The van der Waals surface area contributed by atoms with Crippen molar-refractivity contribution in [3.05, 3.63) is 51.9 Å². The zero-order valence-electron chi connectivity index (χ0n) is 11.0. The molecule has 0 radical (unpaired) electrons. The van der Waals surface area contributed by atoms with Crippen molar-refractivity contribution in [3.8, 4) is 11.1 Å². The zero-order valence-corrected chi connectivity index (χ0v) is 13.1. The second kappa shape index (κ2) is 5.74. The number of aryl methyl sites for hydroxylation is 1. The first-order valence-corrected chi connectivity index (χ1v) is 7.44. The molecule has 3 aromatic rings. The van der Waals surface area contributed by atoms with E-state index in [0.717, 1.165) is 27.1 Å². The number of hydrogen-bond donors (Lipinski definition) is 0. The van der Waals surface area contributed by atoms with Gasteiger partial charge < -0.3 is 4.52 Å². The van der Waals surface area contributed by atoms with Gasteiger partial charge in [-0.25, -0.2) is 0 Å². The normalized spacial score (nSPS) is 10.9.